The zero-order valence-electron chi connectivity index (χ0n) is 13.1. The second-order valence-corrected chi connectivity index (χ2v) is 5.48. The normalized spacial score (nSPS) is 12.0. The van der Waals surface area contributed by atoms with Gasteiger partial charge in [0.25, 0.3) is 0 Å². The van der Waals surface area contributed by atoms with Crippen LogP contribution in [0, 0.1) is 12.8 Å². The molecule has 2 amide bonds. The predicted molar refractivity (Wildman–Crippen MR) is 83.6 cm³/mol. The van der Waals surface area contributed by atoms with Gasteiger partial charge in [-0.25, -0.2) is 4.79 Å². The first kappa shape index (κ1) is 17.0. The van der Waals surface area contributed by atoms with E-state index in [2.05, 4.69) is 5.32 Å². The molecule has 5 nitrogen and oxygen atoms in total. The van der Waals surface area contributed by atoms with Crippen LogP contribution in [-0.2, 0) is 4.79 Å². The molecule has 1 unspecified atom stereocenters. The van der Waals surface area contributed by atoms with E-state index < -0.39 is 5.97 Å². The van der Waals surface area contributed by atoms with Gasteiger partial charge in [-0.05, 0) is 37.5 Å². The number of nitrogens with zero attached hydrogens (tertiary/aromatic N) is 1. The molecule has 2 N–H and O–H groups in total. The maximum Gasteiger partial charge on any atom is 0.322 e. The molecular formula is C16H24N2O3. The van der Waals surface area contributed by atoms with Gasteiger partial charge in [-0.2, -0.15) is 0 Å². The number of nitrogens with one attached hydrogen (secondary N) is 1. The number of carboxylic acid groups (broad SMARTS) is 1. The second-order valence-electron chi connectivity index (χ2n) is 5.48. The molecule has 0 heterocycles. The fourth-order valence-electron chi connectivity index (χ4n) is 2.12. The molecule has 1 aromatic rings. The molecule has 0 spiro atoms. The zero-order valence-corrected chi connectivity index (χ0v) is 13.1. The van der Waals surface area contributed by atoms with Crippen molar-refractivity contribution in [1.29, 1.82) is 0 Å². The zero-order chi connectivity index (χ0) is 16.0. The van der Waals surface area contributed by atoms with Crippen LogP contribution in [0.15, 0.2) is 24.3 Å². The van der Waals surface area contributed by atoms with Crippen LogP contribution in [0.1, 0.15) is 32.8 Å². The summed E-state index contributed by atoms with van der Waals surface area (Å²) in [5.74, 6) is -0.853. The molecule has 0 saturated heterocycles. The largest absolute Gasteiger partial charge is 0.481 e. The minimum absolute atomic E-state index is 0.0567. The summed E-state index contributed by atoms with van der Waals surface area (Å²) >= 11 is 0. The van der Waals surface area contributed by atoms with Gasteiger partial charge in [0.15, 0.2) is 0 Å². The first-order chi connectivity index (χ1) is 9.85. The number of carboxylic acids is 1. The lowest BCUT2D eigenvalue weighted by atomic mass is 10.0. The van der Waals surface area contributed by atoms with Crippen molar-refractivity contribution in [3.8, 4) is 0 Å². The molecule has 0 fully saturated rings. The number of hydrogen-bond acceptors (Lipinski definition) is 2. The van der Waals surface area contributed by atoms with Crippen molar-refractivity contribution in [1.82, 2.24) is 5.32 Å². The Bertz CT molecular complexity index is 500. The number of aryl methyl sites for hydroxylation is 1. The van der Waals surface area contributed by atoms with Gasteiger partial charge in [0.1, 0.15) is 0 Å². The van der Waals surface area contributed by atoms with Crippen molar-refractivity contribution in [2.24, 2.45) is 5.92 Å². The van der Waals surface area contributed by atoms with E-state index in [0.717, 1.165) is 11.3 Å². The lowest BCUT2D eigenvalue weighted by Gasteiger charge is -2.27. The highest BCUT2D eigenvalue weighted by Crippen LogP contribution is 2.16. The summed E-state index contributed by atoms with van der Waals surface area (Å²) in [6.45, 7) is 8.18. The smallest absolute Gasteiger partial charge is 0.322 e. The number of anilines is 1. The monoisotopic (exact) mass is 292 g/mol. The van der Waals surface area contributed by atoms with E-state index in [0.29, 0.717) is 6.54 Å². The van der Waals surface area contributed by atoms with Crippen LogP contribution in [-0.4, -0.2) is 29.7 Å². The molecule has 0 saturated carbocycles. The van der Waals surface area contributed by atoms with Gasteiger partial charge in [0, 0.05) is 18.3 Å². The van der Waals surface area contributed by atoms with E-state index in [1.807, 2.05) is 52.0 Å². The summed E-state index contributed by atoms with van der Waals surface area (Å²) in [5, 5.41) is 11.8. The summed E-state index contributed by atoms with van der Waals surface area (Å²) in [6.07, 6.45) is -0.0746. The lowest BCUT2D eigenvalue weighted by molar-refractivity contribution is -0.137. The number of benzene rings is 1. The molecular weight excluding hydrogens is 268 g/mol. The topological polar surface area (TPSA) is 69.6 Å². The number of amides is 2. The number of rotatable bonds is 6. The SMILES string of the molecule is CCN(C(=O)NC(CC(=O)O)C(C)C)c1cccc(C)c1. The van der Waals surface area contributed by atoms with Crippen molar-refractivity contribution < 1.29 is 14.7 Å². The van der Waals surface area contributed by atoms with Crippen LogP contribution in [0.25, 0.3) is 0 Å². The highest BCUT2D eigenvalue weighted by atomic mass is 16.4. The van der Waals surface area contributed by atoms with Crippen LogP contribution < -0.4 is 10.2 Å². The van der Waals surface area contributed by atoms with Crippen LogP contribution in [0.3, 0.4) is 0 Å². The van der Waals surface area contributed by atoms with Gasteiger partial charge in [0.05, 0.1) is 6.42 Å². The van der Waals surface area contributed by atoms with Crippen LogP contribution in [0.4, 0.5) is 10.5 Å². The molecule has 5 heteroatoms. The Labute approximate surface area is 126 Å². The molecule has 116 valence electrons. The Kier molecular flexibility index (Phi) is 6.21. The van der Waals surface area contributed by atoms with Crippen molar-refractivity contribution in [2.75, 3.05) is 11.4 Å². The third-order valence-electron chi connectivity index (χ3n) is 3.38. The lowest BCUT2D eigenvalue weighted by Crippen LogP contribution is -2.47. The van der Waals surface area contributed by atoms with Crippen LogP contribution in [0.5, 0.6) is 0 Å². The van der Waals surface area contributed by atoms with Gasteiger partial charge < -0.3 is 10.4 Å². The Morgan fingerprint density at radius 2 is 2.00 bits per heavy atom. The standard InChI is InChI=1S/C16H24N2O3/c1-5-18(13-8-6-7-12(4)9-13)16(21)17-14(11(2)3)10-15(19)20/h6-9,11,14H,5,10H2,1-4H3,(H,17,21)(H,19,20). The van der Waals surface area contributed by atoms with Crippen molar-refractivity contribution in [2.45, 2.75) is 40.2 Å². The number of aliphatic carboxylic acids is 1. The van der Waals surface area contributed by atoms with Crippen LogP contribution in [0.2, 0.25) is 0 Å². The molecule has 0 radical (unpaired) electrons. The van der Waals surface area contributed by atoms with Gasteiger partial charge in [-0.3, -0.25) is 9.69 Å². The molecule has 0 aromatic heterocycles. The first-order valence-corrected chi connectivity index (χ1v) is 7.21. The molecule has 21 heavy (non-hydrogen) atoms. The number of carbonyl (C=O) groups excluding carboxylic acids is 1. The van der Waals surface area contributed by atoms with E-state index in [4.69, 9.17) is 5.11 Å². The fourth-order valence-corrected chi connectivity index (χ4v) is 2.12. The first-order valence-electron chi connectivity index (χ1n) is 7.21. The Balaban J connectivity index is 2.85. The van der Waals surface area contributed by atoms with E-state index in [1.54, 1.807) is 4.90 Å². The Morgan fingerprint density at radius 1 is 1.33 bits per heavy atom. The number of hydrogen-bond donors (Lipinski definition) is 2. The summed E-state index contributed by atoms with van der Waals surface area (Å²) < 4.78 is 0. The Morgan fingerprint density at radius 3 is 2.48 bits per heavy atom. The highest BCUT2D eigenvalue weighted by molar-refractivity contribution is 5.92. The molecule has 0 aliphatic carbocycles. The van der Waals surface area contributed by atoms with Gasteiger partial charge in [0.2, 0.25) is 0 Å². The van der Waals surface area contributed by atoms with E-state index >= 15 is 0 Å². The highest BCUT2D eigenvalue weighted by Gasteiger charge is 2.22. The fraction of sp³-hybridized carbons (Fsp3) is 0.500. The summed E-state index contributed by atoms with van der Waals surface area (Å²) in [4.78, 5) is 24.9. The maximum absolute atomic E-state index is 12.4. The predicted octanol–water partition coefficient (Wildman–Crippen LogP) is 3.03. The number of carbonyl (C=O) groups is 2. The van der Waals surface area contributed by atoms with Crippen molar-refractivity contribution >= 4 is 17.7 Å². The van der Waals surface area contributed by atoms with Crippen molar-refractivity contribution in [3.05, 3.63) is 29.8 Å². The maximum atomic E-state index is 12.4. The van der Waals surface area contributed by atoms with Gasteiger partial charge >= 0.3 is 12.0 Å². The minimum atomic E-state index is -0.910. The van der Waals surface area contributed by atoms with Gasteiger partial charge in [-0.1, -0.05) is 26.0 Å². The average molecular weight is 292 g/mol. The molecule has 1 atom stereocenters. The van der Waals surface area contributed by atoms with E-state index in [1.165, 1.54) is 0 Å². The molecule has 0 aliphatic heterocycles. The van der Waals surface area contributed by atoms with E-state index in [-0.39, 0.29) is 24.4 Å². The third-order valence-corrected chi connectivity index (χ3v) is 3.38. The van der Waals surface area contributed by atoms with Gasteiger partial charge in [-0.15, -0.1) is 0 Å². The van der Waals surface area contributed by atoms with Crippen molar-refractivity contribution in [3.63, 3.8) is 0 Å². The summed E-state index contributed by atoms with van der Waals surface area (Å²) in [6, 6.07) is 7.04. The average Bonchev–Trinajstić information content (AvgIpc) is 2.38. The summed E-state index contributed by atoms with van der Waals surface area (Å²) in [7, 11) is 0. The minimum Gasteiger partial charge on any atom is -0.481 e. The summed E-state index contributed by atoms with van der Waals surface area (Å²) in [5.41, 5.74) is 1.89. The quantitative estimate of drug-likeness (QED) is 0.846. The molecule has 0 bridgehead atoms. The third kappa shape index (κ3) is 5.10. The Hall–Kier alpha value is -2.04. The van der Waals surface area contributed by atoms with E-state index in [9.17, 15) is 9.59 Å². The molecule has 1 rings (SSSR count). The molecule has 1 aromatic carbocycles. The van der Waals surface area contributed by atoms with Crippen LogP contribution >= 0.6 is 0 Å². The molecule has 0 aliphatic rings. The second kappa shape index (κ2) is 7.67. The number of urea groups is 1.